The highest BCUT2D eigenvalue weighted by atomic mass is 79.9. The van der Waals surface area contributed by atoms with Gasteiger partial charge in [0.1, 0.15) is 11.9 Å². The molecule has 2 aliphatic heterocycles. The monoisotopic (exact) mass is 338 g/mol. The maximum atomic E-state index is 12.3. The molecule has 3 rings (SSSR count). The molecule has 0 saturated carbocycles. The molecule has 0 bridgehead atoms. The number of rotatable bonds is 1. The minimum absolute atomic E-state index is 0.0145. The van der Waals surface area contributed by atoms with Gasteiger partial charge in [-0.2, -0.15) is 0 Å². The quantitative estimate of drug-likeness (QED) is 0.776. The van der Waals surface area contributed by atoms with Gasteiger partial charge in [-0.25, -0.2) is 0 Å². The zero-order valence-corrected chi connectivity index (χ0v) is 13.4. The Kier molecular flexibility index (Phi) is 3.63. The van der Waals surface area contributed by atoms with E-state index in [1.807, 2.05) is 18.2 Å². The standard InChI is InChI=1S/C16H19BrO3/c1-16(2)9-10(5-6-19-16)15-8-13(18)12-7-11(17)3-4-14(12)20-15/h3-4,7,10,15H,5-6,8-9H2,1-2H3. The highest BCUT2D eigenvalue weighted by Crippen LogP contribution is 2.38. The van der Waals surface area contributed by atoms with Crippen molar-refractivity contribution in [1.29, 1.82) is 0 Å². The van der Waals surface area contributed by atoms with Crippen LogP contribution in [0.1, 0.15) is 43.5 Å². The molecule has 1 aromatic carbocycles. The third kappa shape index (κ3) is 2.77. The summed E-state index contributed by atoms with van der Waals surface area (Å²) in [4.78, 5) is 12.3. The van der Waals surface area contributed by atoms with E-state index in [1.54, 1.807) is 0 Å². The van der Waals surface area contributed by atoms with Crippen LogP contribution < -0.4 is 4.74 Å². The van der Waals surface area contributed by atoms with Crippen LogP contribution >= 0.6 is 15.9 Å². The minimum Gasteiger partial charge on any atom is -0.489 e. The molecule has 0 N–H and O–H groups in total. The molecule has 1 fully saturated rings. The Labute approximate surface area is 127 Å². The largest absolute Gasteiger partial charge is 0.489 e. The zero-order chi connectivity index (χ0) is 14.3. The zero-order valence-electron chi connectivity index (χ0n) is 11.8. The van der Waals surface area contributed by atoms with Crippen molar-refractivity contribution in [2.75, 3.05) is 6.61 Å². The van der Waals surface area contributed by atoms with Gasteiger partial charge < -0.3 is 9.47 Å². The summed E-state index contributed by atoms with van der Waals surface area (Å²) < 4.78 is 12.8. The Bertz CT molecular complexity index is 539. The van der Waals surface area contributed by atoms with Gasteiger partial charge in [-0.05, 0) is 44.9 Å². The molecule has 2 unspecified atom stereocenters. The van der Waals surface area contributed by atoms with E-state index in [0.29, 0.717) is 17.9 Å². The number of ether oxygens (including phenoxy) is 2. The van der Waals surface area contributed by atoms with Crippen LogP contribution in [0.25, 0.3) is 0 Å². The average molecular weight is 339 g/mol. The molecule has 0 amide bonds. The van der Waals surface area contributed by atoms with E-state index in [9.17, 15) is 4.79 Å². The number of carbonyl (C=O) groups excluding carboxylic acids is 1. The normalized spacial score (nSPS) is 28.6. The van der Waals surface area contributed by atoms with Crippen LogP contribution in [0.3, 0.4) is 0 Å². The molecule has 2 heterocycles. The fourth-order valence-corrected chi connectivity index (χ4v) is 3.54. The van der Waals surface area contributed by atoms with Gasteiger partial charge in [-0.1, -0.05) is 15.9 Å². The first kappa shape index (κ1) is 14.1. The molecular formula is C16H19BrO3. The van der Waals surface area contributed by atoms with Crippen molar-refractivity contribution in [3.05, 3.63) is 28.2 Å². The molecule has 3 nitrogen and oxygen atoms in total. The van der Waals surface area contributed by atoms with E-state index < -0.39 is 0 Å². The summed E-state index contributed by atoms with van der Waals surface area (Å²) in [5.74, 6) is 1.29. The van der Waals surface area contributed by atoms with Crippen molar-refractivity contribution in [2.24, 2.45) is 5.92 Å². The number of fused-ring (bicyclic) bond motifs is 1. The van der Waals surface area contributed by atoms with Crippen molar-refractivity contribution in [3.63, 3.8) is 0 Å². The predicted octanol–water partition coefficient (Wildman–Crippen LogP) is 3.99. The average Bonchev–Trinajstić information content (AvgIpc) is 2.38. The third-order valence-corrected chi connectivity index (χ3v) is 4.66. The second-order valence-corrected chi connectivity index (χ2v) is 7.20. The fourth-order valence-electron chi connectivity index (χ4n) is 3.18. The van der Waals surface area contributed by atoms with E-state index in [1.165, 1.54) is 0 Å². The Hall–Kier alpha value is -0.870. The van der Waals surface area contributed by atoms with Gasteiger partial charge in [0, 0.05) is 23.4 Å². The van der Waals surface area contributed by atoms with E-state index in [-0.39, 0.29) is 17.5 Å². The maximum Gasteiger partial charge on any atom is 0.170 e. The first-order valence-corrected chi connectivity index (χ1v) is 7.87. The lowest BCUT2D eigenvalue weighted by atomic mass is 9.81. The van der Waals surface area contributed by atoms with E-state index >= 15 is 0 Å². The summed E-state index contributed by atoms with van der Waals surface area (Å²) in [6.45, 7) is 4.96. The summed E-state index contributed by atoms with van der Waals surface area (Å²) in [6, 6.07) is 5.65. The van der Waals surface area contributed by atoms with Gasteiger partial charge in [-0.15, -0.1) is 0 Å². The molecule has 0 aliphatic carbocycles. The first-order valence-electron chi connectivity index (χ1n) is 7.08. The van der Waals surface area contributed by atoms with Crippen molar-refractivity contribution < 1.29 is 14.3 Å². The maximum absolute atomic E-state index is 12.3. The molecule has 1 saturated heterocycles. The first-order chi connectivity index (χ1) is 9.44. The van der Waals surface area contributed by atoms with Gasteiger partial charge in [0.15, 0.2) is 5.78 Å². The van der Waals surface area contributed by atoms with E-state index in [0.717, 1.165) is 29.7 Å². The van der Waals surface area contributed by atoms with Gasteiger partial charge in [0.05, 0.1) is 11.2 Å². The summed E-state index contributed by atoms with van der Waals surface area (Å²) >= 11 is 3.40. The van der Waals surface area contributed by atoms with Crippen LogP contribution in [-0.4, -0.2) is 24.1 Å². The number of hydrogen-bond donors (Lipinski definition) is 0. The van der Waals surface area contributed by atoms with E-state index in [2.05, 4.69) is 29.8 Å². The van der Waals surface area contributed by atoms with Gasteiger partial charge in [-0.3, -0.25) is 4.79 Å². The smallest absolute Gasteiger partial charge is 0.170 e. The summed E-state index contributed by atoms with van der Waals surface area (Å²) in [5, 5.41) is 0. The number of halogens is 1. The molecule has 0 spiro atoms. The molecule has 2 aliphatic rings. The van der Waals surface area contributed by atoms with Gasteiger partial charge in [0.25, 0.3) is 0 Å². The second kappa shape index (κ2) is 5.15. The lowest BCUT2D eigenvalue weighted by molar-refractivity contribution is -0.0919. The molecule has 20 heavy (non-hydrogen) atoms. The summed E-state index contributed by atoms with van der Waals surface area (Å²) in [7, 11) is 0. The van der Waals surface area contributed by atoms with Crippen molar-refractivity contribution in [2.45, 2.75) is 44.8 Å². The van der Waals surface area contributed by atoms with Crippen molar-refractivity contribution in [3.8, 4) is 5.75 Å². The predicted molar refractivity (Wildman–Crippen MR) is 80.3 cm³/mol. The van der Waals surface area contributed by atoms with Crippen LogP contribution in [0.4, 0.5) is 0 Å². The highest BCUT2D eigenvalue weighted by molar-refractivity contribution is 9.10. The number of Topliss-reactive ketones (excluding diaryl/α,β-unsaturated/α-hetero) is 1. The van der Waals surface area contributed by atoms with Crippen LogP contribution in [0, 0.1) is 5.92 Å². The topological polar surface area (TPSA) is 35.5 Å². The molecular weight excluding hydrogens is 320 g/mol. The molecule has 1 aromatic rings. The lowest BCUT2D eigenvalue weighted by Gasteiger charge is -2.40. The Morgan fingerprint density at radius 3 is 2.90 bits per heavy atom. The minimum atomic E-state index is -0.116. The van der Waals surface area contributed by atoms with Crippen molar-refractivity contribution >= 4 is 21.7 Å². The summed E-state index contributed by atoms with van der Waals surface area (Å²) in [6.07, 6.45) is 2.37. The molecule has 0 aromatic heterocycles. The number of hydrogen-bond acceptors (Lipinski definition) is 3. The second-order valence-electron chi connectivity index (χ2n) is 6.29. The van der Waals surface area contributed by atoms with Crippen LogP contribution in [0.15, 0.2) is 22.7 Å². The molecule has 108 valence electrons. The molecule has 0 radical (unpaired) electrons. The van der Waals surface area contributed by atoms with Crippen LogP contribution in [0.5, 0.6) is 5.75 Å². The number of ketones is 1. The third-order valence-electron chi connectivity index (χ3n) is 4.17. The molecule has 2 atom stereocenters. The van der Waals surface area contributed by atoms with Crippen LogP contribution in [0.2, 0.25) is 0 Å². The Morgan fingerprint density at radius 2 is 2.15 bits per heavy atom. The SMILES string of the molecule is CC1(C)CC(C2CC(=O)c3cc(Br)ccc3O2)CCO1. The fraction of sp³-hybridized carbons (Fsp3) is 0.562. The highest BCUT2D eigenvalue weighted by Gasteiger charge is 2.38. The lowest BCUT2D eigenvalue weighted by Crippen LogP contribution is -2.42. The molecule has 4 heteroatoms. The number of carbonyl (C=O) groups is 1. The summed E-state index contributed by atoms with van der Waals surface area (Å²) in [5.41, 5.74) is 0.580. The van der Waals surface area contributed by atoms with Gasteiger partial charge >= 0.3 is 0 Å². The van der Waals surface area contributed by atoms with E-state index in [4.69, 9.17) is 9.47 Å². The number of benzene rings is 1. The Balaban J connectivity index is 1.81. The van der Waals surface area contributed by atoms with Crippen LogP contribution in [-0.2, 0) is 4.74 Å². The van der Waals surface area contributed by atoms with Crippen molar-refractivity contribution in [1.82, 2.24) is 0 Å². The van der Waals surface area contributed by atoms with Gasteiger partial charge in [0.2, 0.25) is 0 Å². The Morgan fingerprint density at radius 1 is 1.35 bits per heavy atom.